The summed E-state index contributed by atoms with van der Waals surface area (Å²) in [6, 6.07) is 11.2. The average Bonchev–Trinajstić information content (AvgIpc) is 3.09. The van der Waals surface area contributed by atoms with Gasteiger partial charge in [0.1, 0.15) is 11.5 Å². The van der Waals surface area contributed by atoms with E-state index in [4.69, 9.17) is 14.4 Å². The molecule has 2 aromatic rings. The van der Waals surface area contributed by atoms with Crippen molar-refractivity contribution in [3.63, 3.8) is 0 Å². The van der Waals surface area contributed by atoms with Gasteiger partial charge in [-0.05, 0) is 36.4 Å². The van der Waals surface area contributed by atoms with E-state index in [1.807, 2.05) is 18.2 Å². The number of halogens is 1. The Labute approximate surface area is 149 Å². The number of hydrogen-bond donors (Lipinski definition) is 0. The first-order chi connectivity index (χ1) is 11.6. The summed E-state index contributed by atoms with van der Waals surface area (Å²) in [6.07, 6.45) is 5.00. The van der Waals surface area contributed by atoms with Crippen LogP contribution in [0.1, 0.15) is 17.7 Å². The third kappa shape index (κ3) is 5.00. The molecule has 0 fully saturated rings. The van der Waals surface area contributed by atoms with E-state index in [1.165, 1.54) is 6.08 Å². The van der Waals surface area contributed by atoms with Gasteiger partial charge in [0.2, 0.25) is 5.91 Å². The van der Waals surface area contributed by atoms with E-state index in [9.17, 15) is 4.79 Å². The molecule has 0 aliphatic carbocycles. The van der Waals surface area contributed by atoms with Gasteiger partial charge in [0.25, 0.3) is 0 Å². The summed E-state index contributed by atoms with van der Waals surface area (Å²) < 4.78 is 11.5. The highest BCUT2D eigenvalue weighted by molar-refractivity contribution is 9.10. The molecule has 6 heteroatoms. The summed E-state index contributed by atoms with van der Waals surface area (Å²) in [5.41, 5.74) is 0.790. The van der Waals surface area contributed by atoms with Crippen molar-refractivity contribution in [2.24, 2.45) is 0 Å². The number of nitriles is 1. The van der Waals surface area contributed by atoms with Gasteiger partial charge in [-0.15, -0.1) is 0 Å². The standard InChI is InChI=1S/C18H17BrN2O3/c1-23-17-7-6-15(19)12-14(17)5-8-18(22)21(10-3-9-20)13-16-4-2-11-24-16/h2,4-8,11-12H,3,10,13H2,1H3/b8-5+. The molecule has 0 aliphatic heterocycles. The number of hydrogen-bond acceptors (Lipinski definition) is 4. The van der Waals surface area contributed by atoms with Crippen LogP contribution < -0.4 is 4.74 Å². The van der Waals surface area contributed by atoms with Crippen molar-refractivity contribution in [1.29, 1.82) is 5.26 Å². The van der Waals surface area contributed by atoms with Crippen LogP contribution in [0.15, 0.2) is 51.6 Å². The molecule has 1 heterocycles. The second kappa shape index (κ2) is 8.94. The second-order valence-electron chi connectivity index (χ2n) is 4.97. The molecule has 5 nitrogen and oxygen atoms in total. The van der Waals surface area contributed by atoms with Crippen LogP contribution in [0.2, 0.25) is 0 Å². The Bertz CT molecular complexity index is 748. The van der Waals surface area contributed by atoms with E-state index in [1.54, 1.807) is 36.5 Å². The number of rotatable bonds is 7. The van der Waals surface area contributed by atoms with Crippen LogP contribution in [-0.4, -0.2) is 24.5 Å². The minimum Gasteiger partial charge on any atom is -0.496 e. The van der Waals surface area contributed by atoms with Crippen LogP contribution in [0.5, 0.6) is 5.75 Å². The lowest BCUT2D eigenvalue weighted by Crippen LogP contribution is -2.29. The molecule has 1 aromatic carbocycles. The molecule has 0 unspecified atom stereocenters. The number of methoxy groups -OCH3 is 1. The number of furan rings is 1. The van der Waals surface area contributed by atoms with Crippen molar-refractivity contribution >= 4 is 27.9 Å². The van der Waals surface area contributed by atoms with Crippen molar-refractivity contribution in [1.82, 2.24) is 4.90 Å². The molecule has 0 spiro atoms. The molecule has 0 N–H and O–H groups in total. The zero-order valence-corrected chi connectivity index (χ0v) is 14.8. The predicted molar refractivity (Wildman–Crippen MR) is 94.1 cm³/mol. The molecule has 0 aliphatic rings. The number of carbonyl (C=O) groups is 1. The van der Waals surface area contributed by atoms with Crippen molar-refractivity contribution in [2.75, 3.05) is 13.7 Å². The minimum atomic E-state index is -0.191. The van der Waals surface area contributed by atoms with Gasteiger partial charge in [0, 0.05) is 22.7 Å². The van der Waals surface area contributed by atoms with E-state index < -0.39 is 0 Å². The zero-order valence-electron chi connectivity index (χ0n) is 13.2. The Hall–Kier alpha value is -2.52. The van der Waals surface area contributed by atoms with Gasteiger partial charge in [-0.3, -0.25) is 4.79 Å². The normalized spacial score (nSPS) is 10.5. The predicted octanol–water partition coefficient (Wildman–Crippen LogP) is 4.01. The SMILES string of the molecule is COc1ccc(Br)cc1/C=C/C(=O)N(CCC#N)Cc1ccco1. The van der Waals surface area contributed by atoms with E-state index >= 15 is 0 Å². The molecule has 0 bridgehead atoms. The monoisotopic (exact) mass is 388 g/mol. The molecule has 1 amide bonds. The lowest BCUT2D eigenvalue weighted by Gasteiger charge is -2.18. The Balaban J connectivity index is 2.14. The Morgan fingerprint density at radius 2 is 2.29 bits per heavy atom. The third-order valence-corrected chi connectivity index (χ3v) is 3.82. The highest BCUT2D eigenvalue weighted by Gasteiger charge is 2.13. The van der Waals surface area contributed by atoms with Crippen LogP contribution in [0, 0.1) is 11.3 Å². The van der Waals surface area contributed by atoms with Crippen LogP contribution in [0.25, 0.3) is 6.08 Å². The smallest absolute Gasteiger partial charge is 0.247 e. The first-order valence-electron chi connectivity index (χ1n) is 7.34. The van der Waals surface area contributed by atoms with E-state index in [2.05, 4.69) is 22.0 Å². The quantitative estimate of drug-likeness (QED) is 0.672. The highest BCUT2D eigenvalue weighted by Crippen LogP contribution is 2.24. The maximum absolute atomic E-state index is 12.5. The average molecular weight is 389 g/mol. The van der Waals surface area contributed by atoms with Crippen molar-refractivity contribution in [3.8, 4) is 11.8 Å². The van der Waals surface area contributed by atoms with E-state index in [0.717, 1.165) is 10.0 Å². The van der Waals surface area contributed by atoms with Gasteiger partial charge in [0.15, 0.2) is 0 Å². The van der Waals surface area contributed by atoms with Gasteiger partial charge in [-0.1, -0.05) is 15.9 Å². The number of amides is 1. The summed E-state index contributed by atoms with van der Waals surface area (Å²) in [6.45, 7) is 0.670. The molecule has 2 rings (SSSR count). The second-order valence-corrected chi connectivity index (χ2v) is 5.88. The van der Waals surface area contributed by atoms with E-state index in [-0.39, 0.29) is 12.3 Å². The number of ether oxygens (including phenoxy) is 1. The Morgan fingerprint density at radius 3 is 2.96 bits per heavy atom. The van der Waals surface area contributed by atoms with Gasteiger partial charge in [0.05, 0.1) is 32.4 Å². The summed E-state index contributed by atoms with van der Waals surface area (Å²) in [5, 5.41) is 8.78. The molecular weight excluding hydrogens is 372 g/mol. The van der Waals surface area contributed by atoms with Crippen molar-refractivity contribution in [2.45, 2.75) is 13.0 Å². The lowest BCUT2D eigenvalue weighted by atomic mass is 10.2. The molecule has 1 aromatic heterocycles. The molecule has 0 saturated heterocycles. The number of nitrogens with zero attached hydrogens (tertiary/aromatic N) is 2. The molecule has 0 radical (unpaired) electrons. The number of carbonyl (C=O) groups excluding carboxylic acids is 1. The van der Waals surface area contributed by atoms with Gasteiger partial charge >= 0.3 is 0 Å². The van der Waals surface area contributed by atoms with Crippen molar-refractivity contribution < 1.29 is 13.9 Å². The van der Waals surface area contributed by atoms with E-state index in [0.29, 0.717) is 24.6 Å². The Kier molecular flexibility index (Phi) is 6.64. The van der Waals surface area contributed by atoms with Crippen LogP contribution in [0.4, 0.5) is 0 Å². The van der Waals surface area contributed by atoms with Crippen molar-refractivity contribution in [3.05, 3.63) is 58.5 Å². The molecule has 0 saturated carbocycles. The summed E-state index contributed by atoms with van der Waals surface area (Å²) in [4.78, 5) is 14.0. The fourth-order valence-electron chi connectivity index (χ4n) is 2.14. The number of benzene rings is 1. The zero-order chi connectivity index (χ0) is 17.4. The van der Waals surface area contributed by atoms with Gasteiger partial charge in [-0.2, -0.15) is 5.26 Å². The first kappa shape index (κ1) is 17.8. The molecule has 0 atom stereocenters. The fourth-order valence-corrected chi connectivity index (χ4v) is 2.52. The largest absolute Gasteiger partial charge is 0.496 e. The van der Waals surface area contributed by atoms with Gasteiger partial charge < -0.3 is 14.1 Å². The molecular formula is C18H17BrN2O3. The Morgan fingerprint density at radius 1 is 1.46 bits per heavy atom. The maximum Gasteiger partial charge on any atom is 0.247 e. The summed E-state index contributed by atoms with van der Waals surface area (Å²) >= 11 is 3.40. The highest BCUT2D eigenvalue weighted by atomic mass is 79.9. The van der Waals surface area contributed by atoms with Crippen LogP contribution in [-0.2, 0) is 11.3 Å². The van der Waals surface area contributed by atoms with Crippen LogP contribution in [0.3, 0.4) is 0 Å². The van der Waals surface area contributed by atoms with Gasteiger partial charge in [-0.25, -0.2) is 0 Å². The minimum absolute atomic E-state index is 0.191. The summed E-state index contributed by atoms with van der Waals surface area (Å²) in [5.74, 6) is 1.16. The lowest BCUT2D eigenvalue weighted by molar-refractivity contribution is -0.126. The fraction of sp³-hybridized carbons (Fsp3) is 0.222. The molecule has 24 heavy (non-hydrogen) atoms. The van der Waals surface area contributed by atoms with Crippen LogP contribution >= 0.6 is 15.9 Å². The summed E-state index contributed by atoms with van der Waals surface area (Å²) in [7, 11) is 1.58. The first-order valence-corrected chi connectivity index (χ1v) is 8.13. The maximum atomic E-state index is 12.5. The molecule has 124 valence electrons. The third-order valence-electron chi connectivity index (χ3n) is 3.33. The topological polar surface area (TPSA) is 66.5 Å².